The van der Waals surface area contributed by atoms with Crippen LogP contribution in [0.5, 0.6) is 11.5 Å². The first-order valence-electron chi connectivity index (χ1n) is 16.2. The van der Waals surface area contributed by atoms with Gasteiger partial charge >= 0.3 is 18.0 Å². The number of hydrogen-bond donors (Lipinski definition) is 3. The molecule has 1 aliphatic heterocycles. The Morgan fingerprint density at radius 2 is 1.78 bits per heavy atom. The van der Waals surface area contributed by atoms with E-state index in [1.165, 1.54) is 12.0 Å². The zero-order valence-corrected chi connectivity index (χ0v) is 29.3. The van der Waals surface area contributed by atoms with Crippen molar-refractivity contribution in [3.05, 3.63) is 74.1 Å². The van der Waals surface area contributed by atoms with Crippen molar-refractivity contribution in [2.75, 3.05) is 26.9 Å². The number of carbonyl (C=O) groups is 4. The van der Waals surface area contributed by atoms with E-state index in [1.807, 2.05) is 26.8 Å². The van der Waals surface area contributed by atoms with Gasteiger partial charge in [0.25, 0.3) is 5.91 Å². The Bertz CT molecular complexity index is 1840. The minimum absolute atomic E-state index is 0.180. The van der Waals surface area contributed by atoms with E-state index in [0.29, 0.717) is 29.2 Å². The number of fused-ring (bicyclic) bond motifs is 1. The van der Waals surface area contributed by atoms with Gasteiger partial charge in [0.1, 0.15) is 5.00 Å². The Morgan fingerprint density at radius 3 is 2.51 bits per heavy atom. The number of carbonyl (C=O) groups excluding carboxylic acids is 4. The van der Waals surface area contributed by atoms with Crippen molar-refractivity contribution >= 4 is 41.4 Å². The van der Waals surface area contributed by atoms with Gasteiger partial charge in [-0.3, -0.25) is 4.79 Å². The molecule has 1 atom stereocenters. The van der Waals surface area contributed by atoms with Crippen LogP contribution in [0.15, 0.2) is 40.6 Å². The minimum Gasteiger partial charge on any atom is -0.493 e. The molecule has 0 radical (unpaired) electrons. The fourth-order valence-electron chi connectivity index (χ4n) is 6.11. The molecule has 1 aliphatic carbocycles. The summed E-state index contributed by atoms with van der Waals surface area (Å²) in [7, 11) is 1.45. The van der Waals surface area contributed by atoms with Gasteiger partial charge in [-0.1, -0.05) is 6.07 Å². The van der Waals surface area contributed by atoms with Crippen LogP contribution in [-0.4, -0.2) is 61.6 Å². The third-order valence-corrected chi connectivity index (χ3v) is 9.62. The van der Waals surface area contributed by atoms with Crippen molar-refractivity contribution in [3.63, 3.8) is 0 Å². The fourth-order valence-corrected chi connectivity index (χ4v) is 7.60. The maximum Gasteiger partial charge on any atom is 0.341 e. The van der Waals surface area contributed by atoms with Crippen LogP contribution in [0.4, 0.5) is 4.79 Å². The second kappa shape index (κ2) is 15.4. The van der Waals surface area contributed by atoms with Crippen LogP contribution in [0.2, 0.25) is 0 Å². The number of allylic oxidation sites excluding steroid dienone is 1. The average Bonchev–Trinajstić information content (AvgIpc) is 3.58. The number of esters is 2. The summed E-state index contributed by atoms with van der Waals surface area (Å²) in [5.74, 6) is -0.774. The van der Waals surface area contributed by atoms with E-state index in [9.17, 15) is 19.2 Å². The summed E-state index contributed by atoms with van der Waals surface area (Å²) in [6.07, 6.45) is 5.53. The number of methoxy groups -OCH3 is 1. The lowest BCUT2D eigenvalue weighted by Crippen LogP contribution is -2.45. The first kappa shape index (κ1) is 35.2. The molecule has 0 spiro atoms. The summed E-state index contributed by atoms with van der Waals surface area (Å²) in [5, 5.41) is 10.4. The molecule has 5 rings (SSSR count). The molecule has 0 fully saturated rings. The normalized spacial score (nSPS) is 15.7. The third kappa shape index (κ3) is 7.48. The van der Waals surface area contributed by atoms with Crippen LogP contribution in [0, 0.1) is 13.8 Å². The number of aromatic nitrogens is 1. The van der Waals surface area contributed by atoms with E-state index in [4.69, 9.17) is 18.9 Å². The number of nitrogens with zero attached hydrogens (tertiary/aromatic N) is 2. The van der Waals surface area contributed by atoms with Crippen molar-refractivity contribution in [1.29, 1.82) is 0 Å². The van der Waals surface area contributed by atoms with Gasteiger partial charge in [-0.05, 0) is 89.6 Å². The molecular formula is C35H41N5O8S. The number of rotatable bonds is 12. The number of hydrogen-bond acceptors (Lipinski definition) is 10. The van der Waals surface area contributed by atoms with Crippen molar-refractivity contribution < 1.29 is 38.1 Å². The molecular weight excluding hydrogens is 650 g/mol. The first-order valence-corrected chi connectivity index (χ1v) is 17.0. The molecule has 2 aliphatic rings. The van der Waals surface area contributed by atoms with E-state index in [1.54, 1.807) is 49.6 Å². The molecule has 14 heteroatoms. The average molecular weight is 692 g/mol. The Kier molecular flexibility index (Phi) is 11.1. The van der Waals surface area contributed by atoms with Crippen LogP contribution in [-0.2, 0) is 31.9 Å². The summed E-state index contributed by atoms with van der Waals surface area (Å²) in [4.78, 5) is 51.9. The molecule has 3 heterocycles. The largest absolute Gasteiger partial charge is 0.493 e. The molecule has 0 saturated carbocycles. The van der Waals surface area contributed by atoms with Crippen LogP contribution in [0.1, 0.15) is 83.0 Å². The molecule has 0 saturated heterocycles. The molecule has 1 aromatic carbocycles. The van der Waals surface area contributed by atoms with Gasteiger partial charge in [-0.2, -0.15) is 5.10 Å². The van der Waals surface area contributed by atoms with Crippen molar-refractivity contribution in [2.45, 2.75) is 66.3 Å². The number of nitrogens with one attached hydrogen (secondary N) is 3. The number of aryl methyl sites for hydroxylation is 2. The summed E-state index contributed by atoms with van der Waals surface area (Å²) >= 11 is 1.64. The van der Waals surface area contributed by atoms with Gasteiger partial charge in [-0.25, -0.2) is 19.8 Å². The topological polar surface area (TPSA) is 159 Å². The number of ether oxygens (including phenoxy) is 4. The van der Waals surface area contributed by atoms with Crippen molar-refractivity contribution in [2.24, 2.45) is 5.10 Å². The third-order valence-electron chi connectivity index (χ3n) is 8.34. The summed E-state index contributed by atoms with van der Waals surface area (Å²) in [6, 6.07) is 5.61. The second-order valence-electron chi connectivity index (χ2n) is 11.6. The highest BCUT2D eigenvalue weighted by Gasteiger charge is 2.33. The van der Waals surface area contributed by atoms with E-state index in [2.05, 4.69) is 25.7 Å². The molecule has 49 heavy (non-hydrogen) atoms. The Hall–Kier alpha value is -5.11. The molecule has 13 nitrogen and oxygen atoms in total. The fraction of sp³-hybridized carbons (Fsp3) is 0.400. The van der Waals surface area contributed by atoms with E-state index in [-0.39, 0.29) is 30.5 Å². The number of urea groups is 1. The van der Waals surface area contributed by atoms with E-state index < -0.39 is 23.9 Å². The molecule has 3 amide bonds. The number of thiophene rings is 1. The van der Waals surface area contributed by atoms with Crippen molar-refractivity contribution in [1.82, 2.24) is 20.6 Å². The predicted molar refractivity (Wildman–Crippen MR) is 184 cm³/mol. The lowest BCUT2D eigenvalue weighted by Gasteiger charge is -2.28. The van der Waals surface area contributed by atoms with E-state index >= 15 is 0 Å². The van der Waals surface area contributed by atoms with Crippen molar-refractivity contribution in [3.8, 4) is 16.5 Å². The lowest BCUT2D eigenvalue weighted by molar-refractivity contribution is -0.139. The quantitative estimate of drug-likeness (QED) is 0.137. The van der Waals surface area contributed by atoms with Gasteiger partial charge < -0.3 is 34.1 Å². The van der Waals surface area contributed by atoms with Crippen LogP contribution in [0.3, 0.4) is 0 Å². The zero-order chi connectivity index (χ0) is 35.2. The standard InChI is InChI=1S/C35H41N5O8S/c1-7-46-33(42)29-20(4)37-35(44)38-31(29)22-13-14-25(26(16-22)45-6)48-18-28(41)39-36-17-23-15-19(3)40(21(23)5)32-30(34(43)47-8-2)24-11-9-10-12-27(24)49-32/h13-17,31H,7-12,18H2,1-6H3,(H,39,41)(H2,37,38,44)/b36-17-/t31-/m0/s1. The minimum atomic E-state index is -0.780. The summed E-state index contributed by atoms with van der Waals surface area (Å²) in [5.41, 5.74) is 8.04. The van der Waals surface area contributed by atoms with Gasteiger partial charge in [0.15, 0.2) is 18.1 Å². The predicted octanol–water partition coefficient (Wildman–Crippen LogP) is 4.94. The van der Waals surface area contributed by atoms with Crippen LogP contribution < -0.4 is 25.5 Å². The smallest absolute Gasteiger partial charge is 0.341 e. The monoisotopic (exact) mass is 691 g/mol. The highest BCUT2D eigenvalue weighted by Crippen LogP contribution is 2.39. The summed E-state index contributed by atoms with van der Waals surface area (Å²) in [6.45, 7) is 9.19. The lowest BCUT2D eigenvalue weighted by atomic mass is 9.95. The second-order valence-corrected chi connectivity index (χ2v) is 12.6. The SMILES string of the molecule is CCOC(=O)C1=C(C)NC(=O)N[C@H]1c1ccc(OCC(=O)N/N=C\c2cc(C)n(-c3sc4c(c3C(=O)OCC)CCCC4)c2C)c(OC)c1. The molecule has 3 N–H and O–H groups in total. The number of hydrazone groups is 1. The molecule has 0 bridgehead atoms. The van der Waals surface area contributed by atoms with Gasteiger partial charge in [0, 0.05) is 27.5 Å². The number of benzene rings is 1. The number of amides is 3. The molecule has 260 valence electrons. The van der Waals surface area contributed by atoms with E-state index in [0.717, 1.165) is 53.2 Å². The van der Waals surface area contributed by atoms with Crippen LogP contribution in [0.25, 0.3) is 5.00 Å². The Labute approximate surface area is 288 Å². The summed E-state index contributed by atoms with van der Waals surface area (Å²) < 4.78 is 23.9. The van der Waals surface area contributed by atoms with Crippen LogP contribution >= 0.6 is 11.3 Å². The maximum atomic E-state index is 13.1. The highest BCUT2D eigenvalue weighted by molar-refractivity contribution is 7.15. The maximum absolute atomic E-state index is 13.1. The molecule has 0 unspecified atom stereocenters. The van der Waals surface area contributed by atoms with Gasteiger partial charge in [0.2, 0.25) is 0 Å². The molecule has 2 aromatic heterocycles. The Morgan fingerprint density at radius 1 is 1.04 bits per heavy atom. The highest BCUT2D eigenvalue weighted by atomic mass is 32.1. The van der Waals surface area contributed by atoms with Gasteiger partial charge in [0.05, 0.1) is 43.7 Å². The molecule has 3 aromatic rings. The zero-order valence-electron chi connectivity index (χ0n) is 28.5. The first-order chi connectivity index (χ1) is 23.6. The Balaban J connectivity index is 1.27. The van der Waals surface area contributed by atoms with Gasteiger partial charge in [-0.15, -0.1) is 11.3 Å².